The predicted octanol–water partition coefficient (Wildman–Crippen LogP) is 2.46. The molecule has 1 aliphatic heterocycles. The van der Waals surface area contributed by atoms with Crippen LogP contribution in [0.2, 0.25) is 0 Å². The lowest BCUT2D eigenvalue weighted by molar-refractivity contribution is 0.0682. The Morgan fingerprint density at radius 2 is 2.04 bits per heavy atom. The molecule has 0 bridgehead atoms. The average molecular weight is 339 g/mol. The number of hydrogen-bond acceptors (Lipinski definition) is 5. The summed E-state index contributed by atoms with van der Waals surface area (Å²) in [4.78, 5) is 19.1. The van der Waals surface area contributed by atoms with Crippen LogP contribution in [0.1, 0.15) is 41.5 Å². The molecule has 0 radical (unpaired) electrons. The first kappa shape index (κ1) is 17.7. The molecule has 2 aromatic rings. The van der Waals surface area contributed by atoms with Crippen molar-refractivity contribution in [3.63, 3.8) is 0 Å². The number of aromatic nitrogens is 2. The van der Waals surface area contributed by atoms with Gasteiger partial charge in [0.1, 0.15) is 0 Å². The summed E-state index contributed by atoms with van der Waals surface area (Å²) in [6, 6.07) is 2.01. The van der Waals surface area contributed by atoms with Crippen molar-refractivity contribution >= 4 is 29.4 Å². The third-order valence-corrected chi connectivity index (χ3v) is 4.55. The Balaban J connectivity index is 0.00000192. The molecule has 6 nitrogen and oxygen atoms in total. The fourth-order valence-corrected chi connectivity index (χ4v) is 3.19. The van der Waals surface area contributed by atoms with Gasteiger partial charge in [0, 0.05) is 24.8 Å². The summed E-state index contributed by atoms with van der Waals surface area (Å²) in [7, 11) is 0. The maximum Gasteiger partial charge on any atom is 0.258 e. The Morgan fingerprint density at radius 3 is 2.65 bits per heavy atom. The molecule has 0 aliphatic carbocycles. The highest BCUT2D eigenvalue weighted by Crippen LogP contribution is 2.26. The van der Waals surface area contributed by atoms with E-state index in [4.69, 9.17) is 10.3 Å². The monoisotopic (exact) mass is 338 g/mol. The summed E-state index contributed by atoms with van der Waals surface area (Å²) in [5.41, 5.74) is 8.51. The van der Waals surface area contributed by atoms with Gasteiger partial charge in [-0.15, -0.1) is 12.4 Å². The number of hydrogen-bond donors (Lipinski definition) is 1. The second-order valence-corrected chi connectivity index (χ2v) is 6.25. The van der Waals surface area contributed by atoms with Gasteiger partial charge in [-0.25, -0.2) is 4.98 Å². The lowest BCUT2D eigenvalue weighted by Crippen LogP contribution is -2.42. The molecule has 3 rings (SSSR count). The zero-order valence-electron chi connectivity index (χ0n) is 13.7. The molecule has 0 saturated carbocycles. The standard InChI is InChI=1S/C16H22N4O2.ClH/c1-9-8-13(14-11(3)19-22-15(14)18-9)16(21)20-6-4-12(5-7-20)10(2)17;/h8,10,12H,4-7,17H2,1-3H3;1H. The molecule has 1 saturated heterocycles. The van der Waals surface area contributed by atoms with E-state index in [1.54, 1.807) is 0 Å². The first-order chi connectivity index (χ1) is 10.5. The van der Waals surface area contributed by atoms with Gasteiger partial charge in [0.15, 0.2) is 0 Å². The van der Waals surface area contributed by atoms with Gasteiger partial charge < -0.3 is 15.2 Å². The van der Waals surface area contributed by atoms with Crippen molar-refractivity contribution in [1.82, 2.24) is 15.0 Å². The Morgan fingerprint density at radius 1 is 1.39 bits per heavy atom. The van der Waals surface area contributed by atoms with E-state index in [2.05, 4.69) is 10.1 Å². The number of carbonyl (C=O) groups excluding carboxylic acids is 1. The quantitative estimate of drug-likeness (QED) is 0.909. The molecule has 2 aromatic heterocycles. The van der Waals surface area contributed by atoms with Crippen LogP contribution < -0.4 is 5.73 Å². The summed E-state index contributed by atoms with van der Waals surface area (Å²) in [6.07, 6.45) is 1.92. The Bertz CT molecular complexity index is 705. The number of amides is 1. The SMILES string of the molecule is Cc1cc(C(=O)N2CCC(C(C)N)CC2)c2c(C)noc2n1.Cl. The zero-order chi connectivity index (χ0) is 15.9. The topological polar surface area (TPSA) is 85.2 Å². The molecule has 1 amide bonds. The molecule has 0 aromatic carbocycles. The predicted molar refractivity (Wildman–Crippen MR) is 90.8 cm³/mol. The second-order valence-electron chi connectivity index (χ2n) is 6.25. The molecular weight excluding hydrogens is 316 g/mol. The molecule has 1 atom stereocenters. The summed E-state index contributed by atoms with van der Waals surface area (Å²) in [6.45, 7) is 7.23. The van der Waals surface area contributed by atoms with E-state index in [0.717, 1.165) is 37.0 Å². The van der Waals surface area contributed by atoms with E-state index in [9.17, 15) is 4.79 Å². The van der Waals surface area contributed by atoms with Gasteiger partial charge in [-0.05, 0) is 45.6 Å². The van der Waals surface area contributed by atoms with Crippen LogP contribution in [0.15, 0.2) is 10.6 Å². The van der Waals surface area contributed by atoms with Gasteiger partial charge in [-0.3, -0.25) is 4.79 Å². The van der Waals surface area contributed by atoms with Crippen LogP contribution in [0, 0.1) is 19.8 Å². The highest BCUT2D eigenvalue weighted by Gasteiger charge is 2.27. The third-order valence-electron chi connectivity index (χ3n) is 4.55. The third kappa shape index (κ3) is 3.33. The summed E-state index contributed by atoms with van der Waals surface area (Å²) >= 11 is 0. The minimum absolute atomic E-state index is 0. The first-order valence-electron chi connectivity index (χ1n) is 7.76. The zero-order valence-corrected chi connectivity index (χ0v) is 14.5. The number of likely N-dealkylation sites (tertiary alicyclic amines) is 1. The number of rotatable bonds is 2. The van der Waals surface area contributed by atoms with Gasteiger partial charge in [0.25, 0.3) is 11.6 Å². The normalized spacial score (nSPS) is 17.1. The van der Waals surface area contributed by atoms with Crippen molar-refractivity contribution < 1.29 is 9.32 Å². The molecule has 0 spiro atoms. The van der Waals surface area contributed by atoms with E-state index in [1.165, 1.54) is 0 Å². The molecule has 23 heavy (non-hydrogen) atoms. The summed E-state index contributed by atoms with van der Waals surface area (Å²) in [5.74, 6) is 0.533. The van der Waals surface area contributed by atoms with Gasteiger partial charge in [0.2, 0.25) is 0 Å². The molecule has 7 heteroatoms. The number of nitrogens with zero attached hydrogens (tertiary/aromatic N) is 3. The van der Waals surface area contributed by atoms with E-state index in [0.29, 0.717) is 22.9 Å². The van der Waals surface area contributed by atoms with E-state index >= 15 is 0 Å². The maximum absolute atomic E-state index is 12.9. The Kier molecular flexibility index (Phi) is 5.26. The van der Waals surface area contributed by atoms with Crippen LogP contribution in [-0.4, -0.2) is 40.1 Å². The van der Waals surface area contributed by atoms with E-state index in [-0.39, 0.29) is 24.4 Å². The lowest BCUT2D eigenvalue weighted by Gasteiger charge is -2.33. The number of halogens is 1. The molecule has 1 aliphatic rings. The molecule has 126 valence electrons. The number of fused-ring (bicyclic) bond motifs is 1. The molecule has 2 N–H and O–H groups in total. The largest absolute Gasteiger partial charge is 0.339 e. The second kappa shape index (κ2) is 6.84. The number of carbonyl (C=O) groups is 1. The van der Waals surface area contributed by atoms with Crippen LogP contribution in [0.3, 0.4) is 0 Å². The highest BCUT2D eigenvalue weighted by molar-refractivity contribution is 6.06. The Labute approximate surface area is 141 Å². The van der Waals surface area contributed by atoms with Crippen LogP contribution in [0.5, 0.6) is 0 Å². The van der Waals surface area contributed by atoms with E-state index < -0.39 is 0 Å². The first-order valence-corrected chi connectivity index (χ1v) is 7.76. The maximum atomic E-state index is 12.9. The molecule has 1 fully saturated rings. The van der Waals surface area contributed by atoms with Gasteiger partial charge >= 0.3 is 0 Å². The fourth-order valence-electron chi connectivity index (χ4n) is 3.19. The highest BCUT2D eigenvalue weighted by atomic mass is 35.5. The molecular formula is C16H23ClN4O2. The van der Waals surface area contributed by atoms with Crippen LogP contribution in [-0.2, 0) is 0 Å². The number of aryl methyl sites for hydroxylation is 2. The van der Waals surface area contributed by atoms with Crippen molar-refractivity contribution in [1.29, 1.82) is 0 Å². The van der Waals surface area contributed by atoms with Crippen LogP contribution in [0.25, 0.3) is 11.1 Å². The minimum atomic E-state index is 0. The smallest absolute Gasteiger partial charge is 0.258 e. The average Bonchev–Trinajstić information content (AvgIpc) is 2.87. The van der Waals surface area contributed by atoms with Crippen molar-refractivity contribution in [3.05, 3.63) is 23.0 Å². The van der Waals surface area contributed by atoms with Crippen molar-refractivity contribution in [2.75, 3.05) is 13.1 Å². The fraction of sp³-hybridized carbons (Fsp3) is 0.562. The number of nitrogens with two attached hydrogens (primary N) is 1. The van der Waals surface area contributed by atoms with Gasteiger partial charge in [-0.1, -0.05) is 5.16 Å². The molecule has 3 heterocycles. The van der Waals surface area contributed by atoms with Crippen molar-refractivity contribution in [2.45, 2.75) is 39.7 Å². The van der Waals surface area contributed by atoms with Gasteiger partial charge in [0.05, 0.1) is 16.6 Å². The molecule has 1 unspecified atom stereocenters. The number of piperidine rings is 1. The minimum Gasteiger partial charge on any atom is -0.339 e. The van der Waals surface area contributed by atoms with E-state index in [1.807, 2.05) is 31.7 Å². The summed E-state index contributed by atoms with van der Waals surface area (Å²) < 4.78 is 5.21. The van der Waals surface area contributed by atoms with Crippen molar-refractivity contribution in [2.24, 2.45) is 11.7 Å². The Hall–Kier alpha value is -1.66. The summed E-state index contributed by atoms with van der Waals surface area (Å²) in [5, 5.41) is 4.66. The van der Waals surface area contributed by atoms with Gasteiger partial charge in [-0.2, -0.15) is 0 Å². The van der Waals surface area contributed by atoms with Crippen LogP contribution >= 0.6 is 12.4 Å². The van der Waals surface area contributed by atoms with Crippen LogP contribution in [0.4, 0.5) is 0 Å². The van der Waals surface area contributed by atoms with Crippen molar-refractivity contribution in [3.8, 4) is 0 Å². The number of pyridine rings is 1. The lowest BCUT2D eigenvalue weighted by atomic mass is 9.90.